The normalized spacial score (nSPS) is 18.4. The fourth-order valence-corrected chi connectivity index (χ4v) is 6.71. The van der Waals surface area contributed by atoms with E-state index >= 15 is 0 Å². The van der Waals surface area contributed by atoms with Crippen LogP contribution in [0.4, 0.5) is 10.5 Å². The number of carbonyl (C=O) groups is 4. The number of amides is 4. The van der Waals surface area contributed by atoms with Gasteiger partial charge in [0.25, 0.3) is 5.91 Å². The second-order valence-electron chi connectivity index (χ2n) is 13.3. The molecule has 4 aromatic rings. The number of hydrogen-bond acceptors (Lipinski definition) is 8. The Labute approximate surface area is 296 Å². The number of anilines is 1. The highest BCUT2D eigenvalue weighted by Crippen LogP contribution is 2.29. The number of piperazine rings is 1. The first kappa shape index (κ1) is 35.2. The third-order valence-electron chi connectivity index (χ3n) is 9.75. The number of carboxylic acid groups (broad SMARTS) is 1. The number of aromatic nitrogens is 4. The van der Waals surface area contributed by atoms with Gasteiger partial charge in [0.1, 0.15) is 6.04 Å². The first-order valence-electron chi connectivity index (χ1n) is 17.3. The molecule has 1 aliphatic heterocycles. The first-order valence-corrected chi connectivity index (χ1v) is 17.3. The van der Waals surface area contributed by atoms with Crippen molar-refractivity contribution in [3.63, 3.8) is 0 Å². The van der Waals surface area contributed by atoms with Crippen molar-refractivity contribution in [1.82, 2.24) is 41.1 Å². The van der Waals surface area contributed by atoms with Gasteiger partial charge in [-0.15, -0.1) is 10.2 Å². The quantitative estimate of drug-likeness (QED) is 0.156. The molecule has 51 heavy (non-hydrogen) atoms. The average Bonchev–Trinajstić information content (AvgIpc) is 3.70. The lowest BCUT2D eigenvalue weighted by Crippen LogP contribution is -2.48. The molecule has 0 radical (unpaired) electrons. The van der Waals surface area contributed by atoms with E-state index in [0.717, 1.165) is 48.2 Å². The molecule has 266 valence electrons. The molecule has 3 aromatic carbocycles. The number of benzene rings is 3. The molecule has 1 saturated heterocycles. The van der Waals surface area contributed by atoms with Crippen molar-refractivity contribution < 1.29 is 24.3 Å². The Hall–Kier alpha value is -5.63. The van der Waals surface area contributed by atoms with E-state index in [1.807, 2.05) is 53.4 Å². The summed E-state index contributed by atoms with van der Waals surface area (Å²) in [5.74, 6) is -0.211. The lowest BCUT2D eigenvalue weighted by Gasteiger charge is -2.32. The third kappa shape index (κ3) is 9.34. The monoisotopic (exact) mass is 693 g/mol. The van der Waals surface area contributed by atoms with Gasteiger partial charge in [-0.05, 0) is 97.0 Å². The van der Waals surface area contributed by atoms with Gasteiger partial charge in [-0.25, -0.2) is 4.79 Å². The molecule has 1 saturated carbocycles. The van der Waals surface area contributed by atoms with Gasteiger partial charge in [0.05, 0.1) is 0 Å². The van der Waals surface area contributed by atoms with Gasteiger partial charge in [0.2, 0.25) is 17.6 Å². The Balaban J connectivity index is 1.17. The fourth-order valence-electron chi connectivity index (χ4n) is 6.71. The maximum absolute atomic E-state index is 13.8. The molecule has 2 fully saturated rings. The van der Waals surface area contributed by atoms with E-state index in [4.69, 9.17) is 5.11 Å². The number of tetrazole rings is 1. The summed E-state index contributed by atoms with van der Waals surface area (Å²) in [5.41, 5.74) is 4.54. The van der Waals surface area contributed by atoms with Crippen LogP contribution in [0.5, 0.6) is 0 Å². The van der Waals surface area contributed by atoms with Gasteiger partial charge >= 0.3 is 6.09 Å². The summed E-state index contributed by atoms with van der Waals surface area (Å²) in [6.45, 7) is 3.43. The molecular weight excluding hydrogens is 650 g/mol. The fraction of sp³-hybridized carbons (Fsp3) is 0.378. The Kier molecular flexibility index (Phi) is 11.3. The van der Waals surface area contributed by atoms with Crippen LogP contribution in [-0.4, -0.2) is 105 Å². The van der Waals surface area contributed by atoms with Crippen LogP contribution < -0.4 is 16.0 Å². The summed E-state index contributed by atoms with van der Waals surface area (Å²) in [7, 11) is 2.06. The number of rotatable bonds is 11. The largest absolute Gasteiger partial charge is 0.465 e. The van der Waals surface area contributed by atoms with Crippen LogP contribution in [0.2, 0.25) is 0 Å². The van der Waals surface area contributed by atoms with Crippen molar-refractivity contribution in [2.45, 2.75) is 38.1 Å². The molecule has 1 atom stereocenters. The molecule has 1 aliphatic carbocycles. The lowest BCUT2D eigenvalue weighted by atomic mass is 9.81. The summed E-state index contributed by atoms with van der Waals surface area (Å²) in [6, 6.07) is 21.6. The van der Waals surface area contributed by atoms with Crippen LogP contribution in [0.15, 0.2) is 72.8 Å². The molecule has 6 rings (SSSR count). The summed E-state index contributed by atoms with van der Waals surface area (Å²) in [6.07, 6.45) is 1.86. The molecule has 14 heteroatoms. The Morgan fingerprint density at radius 1 is 0.882 bits per heavy atom. The number of nitrogens with one attached hydrogen (secondary N) is 4. The second kappa shape index (κ2) is 16.4. The number of carbonyl (C=O) groups excluding carboxylic acids is 3. The minimum absolute atomic E-state index is 0.0121. The predicted octanol–water partition coefficient (Wildman–Crippen LogP) is 3.66. The van der Waals surface area contributed by atoms with Gasteiger partial charge < -0.3 is 30.9 Å². The molecule has 2 heterocycles. The SMILES string of the molecule is CN1CCN(C(=O)c2cccc(-c3cccc(C[C@H](NC(=O)C4CCC(CNC(=O)O)CC4)C(=O)Nc4ccc(-c5nn[nH]n5)cc4)c3)c2)CC1. The van der Waals surface area contributed by atoms with Crippen molar-refractivity contribution >= 4 is 29.5 Å². The number of hydrogen-bond donors (Lipinski definition) is 5. The van der Waals surface area contributed by atoms with E-state index in [9.17, 15) is 19.2 Å². The van der Waals surface area contributed by atoms with E-state index in [1.54, 1.807) is 24.3 Å². The minimum Gasteiger partial charge on any atom is -0.465 e. The summed E-state index contributed by atoms with van der Waals surface area (Å²) < 4.78 is 0. The molecule has 14 nitrogen and oxygen atoms in total. The molecular formula is C37H43N9O5. The van der Waals surface area contributed by atoms with E-state index in [-0.39, 0.29) is 36.0 Å². The summed E-state index contributed by atoms with van der Waals surface area (Å²) in [5, 5.41) is 31.4. The van der Waals surface area contributed by atoms with Gasteiger partial charge in [-0.1, -0.05) is 36.4 Å². The maximum Gasteiger partial charge on any atom is 0.404 e. The third-order valence-corrected chi connectivity index (χ3v) is 9.75. The summed E-state index contributed by atoms with van der Waals surface area (Å²) in [4.78, 5) is 55.7. The molecule has 0 bridgehead atoms. The highest BCUT2D eigenvalue weighted by atomic mass is 16.4. The Morgan fingerprint density at radius 3 is 2.27 bits per heavy atom. The van der Waals surface area contributed by atoms with Gasteiger partial charge in [0.15, 0.2) is 0 Å². The number of aromatic amines is 1. The zero-order chi connectivity index (χ0) is 35.7. The van der Waals surface area contributed by atoms with Crippen LogP contribution >= 0.6 is 0 Å². The number of nitrogens with zero attached hydrogens (tertiary/aromatic N) is 5. The first-order chi connectivity index (χ1) is 24.7. The van der Waals surface area contributed by atoms with Crippen molar-refractivity contribution in [3.8, 4) is 22.5 Å². The number of H-pyrrole nitrogens is 1. The Bertz CT molecular complexity index is 1820. The van der Waals surface area contributed by atoms with E-state index in [0.29, 0.717) is 49.6 Å². The highest BCUT2D eigenvalue weighted by molar-refractivity contribution is 5.98. The van der Waals surface area contributed by atoms with Crippen LogP contribution in [0.1, 0.15) is 41.6 Å². The zero-order valence-electron chi connectivity index (χ0n) is 28.5. The van der Waals surface area contributed by atoms with Gasteiger partial charge in [-0.2, -0.15) is 5.21 Å². The van der Waals surface area contributed by atoms with Crippen LogP contribution in [0, 0.1) is 11.8 Å². The van der Waals surface area contributed by atoms with Crippen molar-refractivity contribution in [2.24, 2.45) is 11.8 Å². The van der Waals surface area contributed by atoms with E-state index < -0.39 is 12.1 Å². The lowest BCUT2D eigenvalue weighted by molar-refractivity contribution is -0.130. The molecule has 5 N–H and O–H groups in total. The van der Waals surface area contributed by atoms with Crippen LogP contribution in [0.25, 0.3) is 22.5 Å². The number of likely N-dealkylation sites (N-methyl/N-ethyl adjacent to an activating group) is 1. The predicted molar refractivity (Wildman–Crippen MR) is 191 cm³/mol. The van der Waals surface area contributed by atoms with Crippen LogP contribution in [-0.2, 0) is 16.0 Å². The minimum atomic E-state index is -1.05. The van der Waals surface area contributed by atoms with Gasteiger partial charge in [0, 0.05) is 61.9 Å². The second-order valence-corrected chi connectivity index (χ2v) is 13.3. The van der Waals surface area contributed by atoms with E-state index in [1.165, 1.54) is 0 Å². The standard InChI is InChI=1S/C37H43N9O5/c1-45-16-18-46(19-17-45)36(49)30-7-3-6-29(22-30)28-5-2-4-25(20-28)21-32(40-34(47)27-10-8-24(9-11-27)23-38-37(50)51)35(48)39-31-14-12-26(13-15-31)33-41-43-44-42-33/h2-7,12-15,20,22,24,27,32,38H,8-11,16-19,21,23H2,1H3,(H,39,48)(H,40,47)(H,50,51)(H,41,42,43,44)/t24?,27?,32-/m0/s1. The topological polar surface area (TPSA) is 186 Å². The van der Waals surface area contributed by atoms with Crippen molar-refractivity contribution in [3.05, 3.63) is 83.9 Å². The average molecular weight is 694 g/mol. The molecule has 0 unspecified atom stereocenters. The highest BCUT2D eigenvalue weighted by Gasteiger charge is 2.30. The molecule has 4 amide bonds. The maximum atomic E-state index is 13.8. The van der Waals surface area contributed by atoms with Crippen molar-refractivity contribution in [2.75, 3.05) is 45.1 Å². The van der Waals surface area contributed by atoms with Gasteiger partial charge in [-0.3, -0.25) is 14.4 Å². The smallest absolute Gasteiger partial charge is 0.404 e. The Morgan fingerprint density at radius 2 is 1.59 bits per heavy atom. The van der Waals surface area contributed by atoms with Crippen molar-refractivity contribution in [1.29, 1.82) is 0 Å². The molecule has 2 aliphatic rings. The molecule has 0 spiro atoms. The van der Waals surface area contributed by atoms with E-state index in [2.05, 4.69) is 48.5 Å². The zero-order valence-corrected chi connectivity index (χ0v) is 28.5. The van der Waals surface area contributed by atoms with Crippen LogP contribution in [0.3, 0.4) is 0 Å². The summed E-state index contributed by atoms with van der Waals surface area (Å²) >= 11 is 0. The molecule has 1 aromatic heterocycles.